The summed E-state index contributed by atoms with van der Waals surface area (Å²) >= 11 is 0. The van der Waals surface area contributed by atoms with E-state index in [4.69, 9.17) is 28.5 Å². The molecule has 0 saturated heterocycles. The quantitative estimate of drug-likeness (QED) is 0.158. The zero-order valence-corrected chi connectivity index (χ0v) is 28.3. The summed E-state index contributed by atoms with van der Waals surface area (Å²) in [7, 11) is 0. The van der Waals surface area contributed by atoms with Crippen molar-refractivity contribution in [3.63, 3.8) is 0 Å². The molecule has 0 radical (unpaired) electrons. The number of aryl methyl sites for hydroxylation is 3. The van der Waals surface area contributed by atoms with Crippen molar-refractivity contribution in [3.8, 4) is 28.5 Å². The Morgan fingerprint density at radius 2 is 1.68 bits per heavy atom. The van der Waals surface area contributed by atoms with Crippen LogP contribution in [0.3, 0.4) is 0 Å². The minimum atomic E-state index is -1.00. The molecule has 14 nitrogen and oxygen atoms in total. The van der Waals surface area contributed by atoms with Gasteiger partial charge in [-0.1, -0.05) is 66.7 Å². The number of carbonyl (C=O) groups excluding carboxylic acids is 2. The number of hydrogen-bond donors (Lipinski definition) is 1. The number of H-pyrrole nitrogens is 1. The molecule has 1 N–H and O–H groups in total. The van der Waals surface area contributed by atoms with E-state index in [0.29, 0.717) is 59.1 Å². The Morgan fingerprint density at radius 1 is 0.940 bits per heavy atom. The Hall–Kier alpha value is -6.05. The molecule has 14 heteroatoms. The van der Waals surface area contributed by atoms with Gasteiger partial charge in [-0.05, 0) is 56.7 Å². The average Bonchev–Trinajstić information content (AvgIpc) is 3.69. The van der Waals surface area contributed by atoms with Gasteiger partial charge >= 0.3 is 17.9 Å². The number of fused-ring (bicyclic) bond motifs is 1. The number of ether oxygens (including phenoxy) is 4. The first-order valence-electron chi connectivity index (χ1n) is 16.1. The van der Waals surface area contributed by atoms with Gasteiger partial charge in [0.2, 0.25) is 6.79 Å². The highest BCUT2D eigenvalue weighted by atomic mass is 16.8. The van der Waals surface area contributed by atoms with Crippen LogP contribution in [0.25, 0.3) is 34.2 Å². The molecule has 0 saturated carbocycles. The Kier molecular flexibility index (Phi) is 9.88. The summed E-state index contributed by atoms with van der Waals surface area (Å²) in [6, 6.07) is 15.8. The maximum absolute atomic E-state index is 13.5. The summed E-state index contributed by atoms with van der Waals surface area (Å²) in [4.78, 5) is 53.5. The molecule has 50 heavy (non-hydrogen) atoms. The second-order valence-corrected chi connectivity index (χ2v) is 11.7. The molecule has 0 spiro atoms. The lowest BCUT2D eigenvalue weighted by Gasteiger charge is -2.18. The van der Waals surface area contributed by atoms with Crippen molar-refractivity contribution < 1.29 is 33.1 Å². The summed E-state index contributed by atoms with van der Waals surface area (Å²) in [6.07, 6.45) is 1.52. The fraction of sp³-hybridized carbons (Fsp3) is 0.306. The number of esters is 1. The van der Waals surface area contributed by atoms with E-state index < -0.39 is 24.7 Å². The molecule has 1 unspecified atom stereocenters. The highest BCUT2D eigenvalue weighted by Gasteiger charge is 2.27. The first-order valence-corrected chi connectivity index (χ1v) is 16.1. The smallest absolute Gasteiger partial charge is 0.465 e. The molecule has 1 aliphatic rings. The third-order valence-corrected chi connectivity index (χ3v) is 8.37. The van der Waals surface area contributed by atoms with E-state index in [1.54, 1.807) is 6.92 Å². The van der Waals surface area contributed by atoms with Crippen molar-refractivity contribution in [2.24, 2.45) is 5.92 Å². The number of nitrogens with zero attached hydrogens (tertiary/aromatic N) is 5. The molecule has 0 bridgehead atoms. The number of benzene rings is 2. The Bertz CT molecular complexity index is 2240. The van der Waals surface area contributed by atoms with Crippen LogP contribution in [0.2, 0.25) is 0 Å². The Balaban J connectivity index is 1.21. The molecule has 258 valence electrons. The zero-order valence-electron chi connectivity index (χ0n) is 28.3. The summed E-state index contributed by atoms with van der Waals surface area (Å²) in [5.74, 6) is -1.14. The van der Waals surface area contributed by atoms with Gasteiger partial charge in [0.1, 0.15) is 6.61 Å². The molecule has 1 atom stereocenters. The maximum Gasteiger partial charge on any atom is 0.511 e. The van der Waals surface area contributed by atoms with Crippen LogP contribution in [0.1, 0.15) is 48.6 Å². The highest BCUT2D eigenvalue weighted by molar-refractivity contribution is 6.10. The van der Waals surface area contributed by atoms with Crippen LogP contribution in [0, 0.1) is 26.7 Å². The van der Waals surface area contributed by atoms with E-state index in [1.165, 1.54) is 0 Å². The molecular formula is C36H36N6O8. The first-order chi connectivity index (χ1) is 24.1. The molecule has 0 aliphatic heterocycles. The van der Waals surface area contributed by atoms with Gasteiger partial charge in [-0.2, -0.15) is 4.98 Å². The van der Waals surface area contributed by atoms with Gasteiger partial charge < -0.3 is 18.9 Å². The number of aromatic nitrogens is 6. The number of hydrogen-bond acceptors (Lipinski definition) is 12. The maximum atomic E-state index is 13.5. The molecule has 2 aromatic carbocycles. The van der Waals surface area contributed by atoms with Crippen LogP contribution in [0.5, 0.6) is 6.01 Å². The van der Waals surface area contributed by atoms with Crippen LogP contribution < -0.4 is 21.2 Å². The van der Waals surface area contributed by atoms with E-state index in [0.717, 1.165) is 33.6 Å². The lowest BCUT2D eigenvalue weighted by Crippen LogP contribution is -2.40. The predicted octanol–water partition coefficient (Wildman–Crippen LogP) is 3.88. The van der Waals surface area contributed by atoms with Crippen molar-refractivity contribution in [2.75, 3.05) is 13.4 Å². The molecule has 0 fully saturated rings. The zero-order chi connectivity index (χ0) is 35.4. The molecular weight excluding hydrogens is 644 g/mol. The number of nitrogens with one attached hydrogen (secondary N) is 1. The van der Waals surface area contributed by atoms with Crippen molar-refractivity contribution in [3.05, 3.63) is 98.1 Å². The lowest BCUT2D eigenvalue weighted by molar-refractivity contribution is -0.146. The van der Waals surface area contributed by atoms with Gasteiger partial charge in [-0.3, -0.25) is 24.0 Å². The van der Waals surface area contributed by atoms with E-state index in [9.17, 15) is 14.4 Å². The Morgan fingerprint density at radius 3 is 2.40 bits per heavy atom. The molecule has 5 aromatic rings. The standard InChI is InChI=1S/C36H36N6O8/c1-6-46-34-39-28-16-11-20(2)30(33(43)48-19-49-36(45)47-18-29-23(5)37-21(3)22(4)38-29)31(28)42(34)17-24-12-14-25(15-13-24)26-9-7-8-10-27(26)32-40-35(44)50-41-32/h7-10,12-16,20H,6,11,17-19H2,1-5H3,(H,40,41,44). The predicted molar refractivity (Wildman–Crippen MR) is 180 cm³/mol. The van der Waals surface area contributed by atoms with Gasteiger partial charge in [0.25, 0.3) is 6.01 Å². The van der Waals surface area contributed by atoms with Crippen molar-refractivity contribution in [1.82, 2.24) is 29.7 Å². The van der Waals surface area contributed by atoms with Crippen molar-refractivity contribution >= 4 is 23.8 Å². The monoisotopic (exact) mass is 680 g/mol. The largest absolute Gasteiger partial charge is 0.511 e. The highest BCUT2D eigenvalue weighted by Crippen LogP contribution is 2.30. The van der Waals surface area contributed by atoms with Crippen LogP contribution in [-0.2, 0) is 32.2 Å². The van der Waals surface area contributed by atoms with Crippen molar-refractivity contribution in [1.29, 1.82) is 0 Å². The summed E-state index contributed by atoms with van der Waals surface area (Å²) in [5, 5.41) is 5.03. The topological polar surface area (TPSA) is 174 Å². The molecule has 1 aliphatic carbocycles. The van der Waals surface area contributed by atoms with E-state index in [-0.39, 0.29) is 12.5 Å². The molecule has 3 aromatic heterocycles. The van der Waals surface area contributed by atoms with Gasteiger partial charge in [0, 0.05) is 5.56 Å². The fourth-order valence-electron chi connectivity index (χ4n) is 5.73. The third kappa shape index (κ3) is 7.18. The normalized spacial score (nSPS) is 13.7. The van der Waals surface area contributed by atoms with Crippen LogP contribution in [-0.4, -0.2) is 55.2 Å². The summed E-state index contributed by atoms with van der Waals surface area (Å²) in [6.45, 7) is 9.19. The van der Waals surface area contributed by atoms with Crippen LogP contribution in [0.15, 0.2) is 57.8 Å². The second kappa shape index (κ2) is 14.6. The van der Waals surface area contributed by atoms with Gasteiger partial charge in [-0.25, -0.2) is 14.4 Å². The number of rotatable bonds is 11. The minimum Gasteiger partial charge on any atom is -0.465 e. The number of imidazole rings is 1. The van der Waals surface area contributed by atoms with Gasteiger partial charge in [0.15, 0.2) is 5.82 Å². The SMILES string of the molecule is CCOc1nc2c(n1Cc1ccc(-c3ccccc3-c3noc(=O)[nH]3)cc1)=C(C(=O)OCOC(=O)OCc1nc(C)c(C)nc1C)C(C)CC=2. The van der Waals surface area contributed by atoms with E-state index >= 15 is 0 Å². The number of carbonyl (C=O) groups is 2. The molecule has 3 heterocycles. The summed E-state index contributed by atoms with van der Waals surface area (Å²) < 4.78 is 28.1. The summed E-state index contributed by atoms with van der Waals surface area (Å²) in [5.41, 5.74) is 6.49. The van der Waals surface area contributed by atoms with Gasteiger partial charge in [0.05, 0.1) is 52.2 Å². The third-order valence-electron chi connectivity index (χ3n) is 8.37. The van der Waals surface area contributed by atoms with Gasteiger partial charge in [-0.15, -0.1) is 0 Å². The lowest BCUT2D eigenvalue weighted by atomic mass is 9.93. The fourth-order valence-corrected chi connectivity index (χ4v) is 5.73. The van der Waals surface area contributed by atoms with Crippen molar-refractivity contribution in [2.45, 2.75) is 54.2 Å². The second-order valence-electron chi connectivity index (χ2n) is 11.7. The minimum absolute atomic E-state index is 0.129. The first kappa shape index (κ1) is 33.8. The molecule has 6 rings (SSSR count). The van der Waals surface area contributed by atoms with Crippen LogP contribution in [0.4, 0.5) is 4.79 Å². The van der Waals surface area contributed by atoms with E-state index in [1.807, 2.05) is 86.9 Å². The molecule has 0 amide bonds. The Labute approximate surface area is 286 Å². The van der Waals surface area contributed by atoms with E-state index in [2.05, 4.69) is 20.1 Å². The van der Waals surface area contributed by atoms with Crippen LogP contribution >= 0.6 is 0 Å². The average molecular weight is 681 g/mol. The number of aromatic amines is 1.